The Bertz CT molecular complexity index is 2320. The summed E-state index contributed by atoms with van der Waals surface area (Å²) in [5.41, 5.74) is 4.60. The van der Waals surface area contributed by atoms with Gasteiger partial charge in [0.2, 0.25) is 11.8 Å². The molecular weight excluding hydrogens is 666 g/mol. The minimum Gasteiger partial charge on any atom is -0.490 e. The second-order valence-corrected chi connectivity index (χ2v) is 13.9. The number of ether oxygens (including phenoxy) is 1. The molecule has 0 saturated carbocycles. The van der Waals surface area contributed by atoms with Crippen molar-refractivity contribution in [3.05, 3.63) is 106 Å². The highest BCUT2D eigenvalue weighted by Gasteiger charge is 2.45. The van der Waals surface area contributed by atoms with E-state index in [9.17, 15) is 18.0 Å². The summed E-state index contributed by atoms with van der Waals surface area (Å²) in [7, 11) is 0. The number of nitrogens with one attached hydrogen (secondary N) is 1. The average molecular weight is 695 g/mol. The van der Waals surface area contributed by atoms with Gasteiger partial charge in [0.05, 0.1) is 45.9 Å². The molecule has 252 valence electrons. The van der Waals surface area contributed by atoms with Crippen LogP contribution in [0.5, 0.6) is 5.75 Å². The molecule has 9 nitrogen and oxygen atoms in total. The molecule has 0 bridgehead atoms. The average Bonchev–Trinajstić information content (AvgIpc) is 3.91. The Balaban J connectivity index is 1.21. The Morgan fingerprint density at radius 3 is 2.66 bits per heavy atom. The Kier molecular flexibility index (Phi) is 7.34. The number of halogens is 3. The van der Waals surface area contributed by atoms with Crippen molar-refractivity contribution in [2.24, 2.45) is 0 Å². The number of thiophene rings is 1. The molecule has 50 heavy (non-hydrogen) atoms. The third kappa shape index (κ3) is 5.10. The van der Waals surface area contributed by atoms with Gasteiger partial charge in [0.1, 0.15) is 17.5 Å². The van der Waals surface area contributed by atoms with Crippen LogP contribution in [0.25, 0.3) is 32.0 Å². The topological polar surface area (TPSA) is 106 Å². The fraction of sp³-hybridized carbons (Fsp3) is 0.270. The lowest BCUT2D eigenvalue weighted by Crippen LogP contribution is -2.22. The van der Waals surface area contributed by atoms with Crippen LogP contribution < -0.4 is 10.1 Å². The van der Waals surface area contributed by atoms with Gasteiger partial charge < -0.3 is 19.4 Å². The summed E-state index contributed by atoms with van der Waals surface area (Å²) in [6.07, 6.45) is 4.94. The zero-order valence-electron chi connectivity index (χ0n) is 26.8. The van der Waals surface area contributed by atoms with Gasteiger partial charge in [-0.3, -0.25) is 9.78 Å². The van der Waals surface area contributed by atoms with E-state index < -0.39 is 17.7 Å². The van der Waals surface area contributed by atoms with Crippen LogP contribution in [0.2, 0.25) is 0 Å². The predicted octanol–water partition coefficient (Wildman–Crippen LogP) is 8.15. The second kappa shape index (κ2) is 11.9. The molecule has 1 amide bonds. The Morgan fingerprint density at radius 2 is 1.84 bits per heavy atom. The van der Waals surface area contributed by atoms with Crippen LogP contribution >= 0.6 is 11.3 Å². The number of fused-ring (bicyclic) bond motifs is 5. The standard InChI is InChI=1S/C37H29F3N6O3S/c1-18-44-45-36(49-18)29-26(9-6-19-4-7-21(38)8-5-19)42-32-27-3-2-13-46(27)37(47)31(32)30(29)28-15-20-10-12-41-35(34(20)50-28)43-25-11-14-48-33-23(25)16-22(39)17-24(33)40/h4-5,7-8,10,12,15-17,25,27H,2-3,6,9,11,13-14H2,1H3,(H,41,43)/t25-,27+/m1/s1. The number of hydrogen-bond donors (Lipinski definition) is 1. The minimum absolute atomic E-state index is 0.0354. The van der Waals surface area contributed by atoms with Gasteiger partial charge >= 0.3 is 0 Å². The van der Waals surface area contributed by atoms with Gasteiger partial charge in [-0.05, 0) is 67.0 Å². The fourth-order valence-electron chi connectivity index (χ4n) is 7.45. The van der Waals surface area contributed by atoms with Crippen LogP contribution in [0, 0.1) is 24.4 Å². The largest absolute Gasteiger partial charge is 0.490 e. The number of benzene rings is 2. The van der Waals surface area contributed by atoms with E-state index in [-0.39, 0.29) is 36.0 Å². The first kappa shape index (κ1) is 30.7. The number of hydrogen-bond acceptors (Lipinski definition) is 9. The molecule has 0 spiro atoms. The molecule has 0 unspecified atom stereocenters. The van der Waals surface area contributed by atoms with E-state index in [0.29, 0.717) is 65.5 Å². The Hall–Kier alpha value is -5.30. The van der Waals surface area contributed by atoms with Crippen molar-refractivity contribution in [1.29, 1.82) is 0 Å². The van der Waals surface area contributed by atoms with Crippen molar-refractivity contribution in [2.45, 2.75) is 51.1 Å². The monoisotopic (exact) mass is 694 g/mol. The highest BCUT2D eigenvalue weighted by Crippen LogP contribution is 2.50. The van der Waals surface area contributed by atoms with Crippen LogP contribution in [0.15, 0.2) is 59.1 Å². The first-order valence-electron chi connectivity index (χ1n) is 16.5. The van der Waals surface area contributed by atoms with E-state index in [2.05, 4.69) is 20.5 Å². The molecule has 1 fully saturated rings. The maximum absolute atomic E-state index is 14.6. The molecule has 1 N–H and O–H groups in total. The van der Waals surface area contributed by atoms with Crippen molar-refractivity contribution in [3.63, 3.8) is 0 Å². The molecule has 4 aromatic heterocycles. The first-order valence-corrected chi connectivity index (χ1v) is 17.3. The highest BCUT2D eigenvalue weighted by atomic mass is 32.1. The van der Waals surface area contributed by atoms with E-state index in [1.807, 2.05) is 17.0 Å². The summed E-state index contributed by atoms with van der Waals surface area (Å²) >= 11 is 1.46. The number of pyridine rings is 2. The molecule has 7 heterocycles. The number of amides is 1. The van der Waals surface area contributed by atoms with Gasteiger partial charge in [-0.1, -0.05) is 12.1 Å². The van der Waals surface area contributed by atoms with Crippen LogP contribution in [-0.2, 0) is 12.8 Å². The normalized spacial score (nSPS) is 17.9. The van der Waals surface area contributed by atoms with Gasteiger partial charge in [0.25, 0.3) is 5.91 Å². The summed E-state index contributed by atoms with van der Waals surface area (Å²) in [6.45, 7) is 2.62. The quantitative estimate of drug-likeness (QED) is 0.179. The maximum atomic E-state index is 14.6. The minimum atomic E-state index is -0.744. The molecule has 9 rings (SSSR count). The summed E-state index contributed by atoms with van der Waals surface area (Å²) in [5, 5.41) is 12.8. The summed E-state index contributed by atoms with van der Waals surface area (Å²) in [6, 6.07) is 11.9. The molecule has 0 aliphatic carbocycles. The first-order chi connectivity index (χ1) is 24.3. The van der Waals surface area contributed by atoms with Crippen molar-refractivity contribution < 1.29 is 27.1 Å². The van der Waals surface area contributed by atoms with Crippen molar-refractivity contribution >= 4 is 33.1 Å². The second-order valence-electron chi connectivity index (χ2n) is 12.8. The molecule has 2 atom stereocenters. The summed E-state index contributed by atoms with van der Waals surface area (Å²) in [5.74, 6) is -0.589. The molecule has 1 saturated heterocycles. The Morgan fingerprint density at radius 1 is 0.980 bits per heavy atom. The molecule has 13 heteroatoms. The lowest BCUT2D eigenvalue weighted by molar-refractivity contribution is 0.0776. The lowest BCUT2D eigenvalue weighted by Gasteiger charge is -2.27. The third-order valence-corrected chi connectivity index (χ3v) is 10.9. The van der Waals surface area contributed by atoms with Crippen molar-refractivity contribution in [2.75, 3.05) is 18.5 Å². The number of aromatic nitrogens is 4. The van der Waals surface area contributed by atoms with Gasteiger partial charge in [-0.2, -0.15) is 0 Å². The molecule has 3 aliphatic heterocycles. The van der Waals surface area contributed by atoms with E-state index in [1.54, 1.807) is 25.3 Å². The number of nitrogens with zero attached hydrogens (tertiary/aromatic N) is 5. The van der Waals surface area contributed by atoms with Gasteiger partial charge in [0, 0.05) is 48.2 Å². The van der Waals surface area contributed by atoms with Gasteiger partial charge in [-0.25, -0.2) is 18.2 Å². The predicted molar refractivity (Wildman–Crippen MR) is 181 cm³/mol. The number of rotatable bonds is 7. The van der Waals surface area contributed by atoms with E-state index in [4.69, 9.17) is 14.1 Å². The summed E-state index contributed by atoms with van der Waals surface area (Å²) < 4.78 is 55.1. The fourth-order valence-corrected chi connectivity index (χ4v) is 8.62. The molecule has 6 aromatic rings. The van der Waals surface area contributed by atoms with Crippen LogP contribution in [0.4, 0.5) is 19.0 Å². The van der Waals surface area contributed by atoms with E-state index >= 15 is 0 Å². The van der Waals surface area contributed by atoms with E-state index in [1.165, 1.54) is 29.5 Å². The molecule has 0 radical (unpaired) electrons. The smallest absolute Gasteiger partial charge is 0.257 e. The van der Waals surface area contributed by atoms with Crippen LogP contribution in [0.1, 0.15) is 70.1 Å². The Labute approximate surface area is 288 Å². The van der Waals surface area contributed by atoms with E-state index in [0.717, 1.165) is 45.1 Å². The van der Waals surface area contributed by atoms with Crippen LogP contribution in [-0.4, -0.2) is 44.1 Å². The number of anilines is 1. The summed E-state index contributed by atoms with van der Waals surface area (Å²) in [4.78, 5) is 26.7. The maximum Gasteiger partial charge on any atom is 0.257 e. The zero-order valence-corrected chi connectivity index (χ0v) is 27.6. The molecule has 3 aliphatic rings. The van der Waals surface area contributed by atoms with Crippen molar-refractivity contribution in [1.82, 2.24) is 25.1 Å². The number of carbonyl (C=O) groups excluding carboxylic acids is 1. The lowest BCUT2D eigenvalue weighted by atomic mass is 9.93. The molecule has 2 aromatic carbocycles. The number of aryl methyl sites for hydroxylation is 3. The highest BCUT2D eigenvalue weighted by molar-refractivity contribution is 7.23. The number of carbonyl (C=O) groups is 1. The van der Waals surface area contributed by atoms with Crippen molar-refractivity contribution in [3.8, 4) is 27.6 Å². The van der Waals surface area contributed by atoms with Crippen LogP contribution in [0.3, 0.4) is 0 Å². The zero-order chi connectivity index (χ0) is 34.1. The van der Waals surface area contributed by atoms with Gasteiger partial charge in [-0.15, -0.1) is 21.5 Å². The molecular formula is C37H29F3N6O3S. The third-order valence-electron chi connectivity index (χ3n) is 9.70. The SMILES string of the molecule is Cc1nnc(-c2c(CCc3ccc(F)cc3)nc3c(c2-c2cc4ccnc(N[C@@H]5CCOc6c(F)cc(F)cc65)c4s2)C(=O)N2CCC[C@@H]32)o1. The van der Waals surface area contributed by atoms with Gasteiger partial charge in [0.15, 0.2) is 11.6 Å².